The molecule has 11 aromatic rings. The van der Waals surface area contributed by atoms with Gasteiger partial charge in [0.2, 0.25) is 0 Å². The summed E-state index contributed by atoms with van der Waals surface area (Å²) in [6, 6.07) is 55.0. The highest BCUT2D eigenvalue weighted by Crippen LogP contribution is 2.50. The van der Waals surface area contributed by atoms with Crippen molar-refractivity contribution in [1.29, 1.82) is 0 Å². The maximum Gasteiger partial charge on any atom is 0.136 e. The fourth-order valence-corrected chi connectivity index (χ4v) is 8.68. The Labute approximate surface area is 314 Å². The highest BCUT2D eigenvalue weighted by Gasteiger charge is 2.24. The molecule has 1 heteroatoms. The lowest BCUT2D eigenvalue weighted by atomic mass is 9.83. The Morgan fingerprint density at radius 1 is 0.302 bits per heavy atom. The van der Waals surface area contributed by atoms with Crippen LogP contribution in [0.1, 0.15) is 6.85 Å². The maximum absolute atomic E-state index is 9.02. The van der Waals surface area contributed by atoms with Gasteiger partial charge in [0.05, 0.1) is 6.85 Å². The summed E-state index contributed by atoms with van der Waals surface area (Å²) in [7, 11) is 0. The van der Waals surface area contributed by atoms with Crippen molar-refractivity contribution in [3.8, 4) is 44.5 Å². The van der Waals surface area contributed by atoms with Gasteiger partial charge in [0.1, 0.15) is 11.2 Å². The molecule has 0 saturated heterocycles. The van der Waals surface area contributed by atoms with Gasteiger partial charge in [-0.05, 0) is 99.7 Å². The predicted molar refractivity (Wildman–Crippen MR) is 225 cm³/mol. The van der Waals surface area contributed by atoms with Crippen LogP contribution in [0.3, 0.4) is 0 Å². The van der Waals surface area contributed by atoms with E-state index in [0.29, 0.717) is 5.56 Å². The Balaban J connectivity index is 1.29. The molecular weight excluding hydrogens is 641 g/mol. The van der Waals surface area contributed by atoms with Gasteiger partial charge in [-0.25, -0.2) is 0 Å². The third-order valence-corrected chi connectivity index (χ3v) is 10.7. The van der Waals surface area contributed by atoms with E-state index in [1.165, 1.54) is 21.9 Å². The Kier molecular flexibility index (Phi) is 5.58. The van der Waals surface area contributed by atoms with Crippen LogP contribution in [0.4, 0.5) is 0 Å². The molecule has 0 saturated carbocycles. The van der Waals surface area contributed by atoms with Gasteiger partial charge in [-0.1, -0.05) is 182 Å². The van der Waals surface area contributed by atoms with Crippen LogP contribution < -0.4 is 0 Å². The fourth-order valence-electron chi connectivity index (χ4n) is 8.68. The highest BCUT2D eigenvalue weighted by atomic mass is 16.3. The van der Waals surface area contributed by atoms with Gasteiger partial charge in [-0.2, -0.15) is 0 Å². The number of rotatable bonds is 4. The third kappa shape index (κ3) is 4.44. The van der Waals surface area contributed by atoms with Crippen LogP contribution in [0.2, 0.25) is 0 Å². The Bertz CT molecular complexity index is 3370. The van der Waals surface area contributed by atoms with Gasteiger partial charge < -0.3 is 4.42 Å². The van der Waals surface area contributed by atoms with Crippen molar-refractivity contribution in [2.24, 2.45) is 0 Å². The van der Waals surface area contributed by atoms with Gasteiger partial charge in [0.25, 0.3) is 0 Å². The second kappa shape index (κ2) is 11.8. The minimum Gasteiger partial charge on any atom is -0.456 e. The van der Waals surface area contributed by atoms with E-state index in [2.05, 4.69) is 109 Å². The first-order valence-corrected chi connectivity index (χ1v) is 17.9. The summed E-state index contributed by atoms with van der Waals surface area (Å²) in [4.78, 5) is 0. The van der Waals surface area contributed by atoms with E-state index in [0.717, 1.165) is 76.5 Å². The van der Waals surface area contributed by atoms with E-state index in [9.17, 15) is 0 Å². The van der Waals surface area contributed by atoms with Crippen LogP contribution in [0.25, 0.3) is 110 Å². The molecule has 0 aliphatic carbocycles. The van der Waals surface area contributed by atoms with Crippen LogP contribution in [0.5, 0.6) is 0 Å². The lowest BCUT2D eigenvalue weighted by Gasteiger charge is -2.19. The van der Waals surface area contributed by atoms with Crippen LogP contribution in [0, 0.1) is 0 Å². The molecule has 0 spiro atoms. The van der Waals surface area contributed by atoms with Crippen molar-refractivity contribution in [3.05, 3.63) is 194 Å². The summed E-state index contributed by atoms with van der Waals surface area (Å²) >= 11 is 0. The quantitative estimate of drug-likeness (QED) is 0.169. The van der Waals surface area contributed by atoms with Crippen LogP contribution in [0.15, 0.2) is 198 Å². The average Bonchev–Trinajstić information content (AvgIpc) is 3.67. The molecule has 0 unspecified atom stereocenters. The molecule has 246 valence electrons. The van der Waals surface area contributed by atoms with Crippen molar-refractivity contribution in [2.45, 2.75) is 0 Å². The van der Waals surface area contributed by atoms with E-state index >= 15 is 0 Å². The number of furan rings is 1. The first-order valence-electron chi connectivity index (χ1n) is 20.4. The zero-order valence-corrected chi connectivity index (χ0v) is 28.5. The molecule has 0 amide bonds. The second-order valence-electron chi connectivity index (χ2n) is 13.5. The number of hydrogen-bond donors (Lipinski definition) is 0. The number of hydrogen-bond acceptors (Lipinski definition) is 1. The normalized spacial score (nSPS) is 13.1. The first kappa shape index (κ1) is 25.1. The Hall–Kier alpha value is -6.96. The van der Waals surface area contributed by atoms with Crippen molar-refractivity contribution >= 4 is 65.0 Å². The molecule has 1 nitrogen and oxygen atoms in total. The minimum atomic E-state index is -0.409. The highest BCUT2D eigenvalue weighted by molar-refractivity contribution is 6.30. The average molecular weight is 678 g/mol. The summed E-state index contributed by atoms with van der Waals surface area (Å²) < 4.78 is 50.2. The Morgan fingerprint density at radius 3 is 1.08 bits per heavy atom. The SMILES string of the molecule is [2H]c1c([2H])c([2H])c(-c2c3ccccc3c(-c3cccc4oc5cccc(-c6c7ccccc7c(-c7ccccc7)c7ccccc67)c5c34)c3ccccc23)c([2H])c1[2H]. The van der Waals surface area contributed by atoms with Crippen molar-refractivity contribution in [2.75, 3.05) is 0 Å². The van der Waals surface area contributed by atoms with E-state index in [1.54, 1.807) is 0 Å². The van der Waals surface area contributed by atoms with Gasteiger partial charge in [0.15, 0.2) is 0 Å². The predicted octanol–water partition coefficient (Wildman–Crippen LogP) is 14.9. The van der Waals surface area contributed by atoms with Gasteiger partial charge in [0, 0.05) is 10.8 Å². The maximum atomic E-state index is 9.02. The van der Waals surface area contributed by atoms with Crippen molar-refractivity contribution < 1.29 is 11.3 Å². The summed E-state index contributed by atoms with van der Waals surface area (Å²) in [5.41, 5.74) is 8.91. The lowest BCUT2D eigenvalue weighted by molar-refractivity contribution is 0.669. The summed E-state index contributed by atoms with van der Waals surface area (Å²) in [5, 5.41) is 10.1. The number of benzene rings is 10. The minimum absolute atomic E-state index is 0.192. The lowest BCUT2D eigenvalue weighted by Crippen LogP contribution is -1.92. The first-order chi connectivity index (χ1) is 28.4. The van der Waals surface area contributed by atoms with Crippen molar-refractivity contribution in [3.63, 3.8) is 0 Å². The molecule has 0 N–H and O–H groups in total. The fraction of sp³-hybridized carbons (Fsp3) is 0. The van der Waals surface area contributed by atoms with E-state index in [1.807, 2.05) is 54.6 Å². The molecule has 11 rings (SSSR count). The molecular formula is C52H32O. The summed E-state index contributed by atoms with van der Waals surface area (Å²) in [6.07, 6.45) is 0. The van der Waals surface area contributed by atoms with Gasteiger partial charge in [-0.3, -0.25) is 0 Å². The standard InChI is InChI=1S/C52H32O/c1-3-17-33(18-4-1)47-35-21-7-11-25-39(35)49(40-26-12-8-22-36(40)47)43-29-15-31-45-51(43)52-44(30-16-32-46(52)53-45)50-41-27-13-9-23-37(41)48(34-19-5-2-6-20-34)38-24-10-14-28-42(38)50/h1-32H/i1D,3D,4D,17D,18D. The molecule has 0 fully saturated rings. The van der Waals surface area contributed by atoms with Crippen LogP contribution >= 0.6 is 0 Å². The van der Waals surface area contributed by atoms with E-state index < -0.39 is 6.04 Å². The molecule has 1 heterocycles. The largest absolute Gasteiger partial charge is 0.456 e. The van der Waals surface area contributed by atoms with Crippen LogP contribution in [-0.2, 0) is 0 Å². The van der Waals surface area contributed by atoms with Crippen LogP contribution in [-0.4, -0.2) is 0 Å². The third-order valence-electron chi connectivity index (χ3n) is 10.7. The van der Waals surface area contributed by atoms with E-state index in [-0.39, 0.29) is 29.7 Å². The van der Waals surface area contributed by atoms with Gasteiger partial charge >= 0.3 is 0 Å². The molecule has 0 bridgehead atoms. The van der Waals surface area contributed by atoms with Gasteiger partial charge in [-0.15, -0.1) is 0 Å². The number of fused-ring (bicyclic) bond motifs is 7. The zero-order chi connectivity index (χ0) is 39.2. The monoisotopic (exact) mass is 677 g/mol. The zero-order valence-electron chi connectivity index (χ0n) is 33.5. The van der Waals surface area contributed by atoms with Crippen molar-refractivity contribution in [1.82, 2.24) is 0 Å². The Morgan fingerprint density at radius 2 is 0.660 bits per heavy atom. The smallest absolute Gasteiger partial charge is 0.136 e. The topological polar surface area (TPSA) is 13.1 Å². The molecule has 53 heavy (non-hydrogen) atoms. The molecule has 0 radical (unpaired) electrons. The molecule has 0 aliphatic rings. The molecule has 10 aromatic carbocycles. The summed E-state index contributed by atoms with van der Waals surface area (Å²) in [6.45, 7) is 0. The molecule has 1 aromatic heterocycles. The van der Waals surface area contributed by atoms with E-state index in [4.69, 9.17) is 11.3 Å². The summed E-state index contributed by atoms with van der Waals surface area (Å²) in [5.74, 6) is 0. The second-order valence-corrected chi connectivity index (χ2v) is 13.5. The molecule has 0 aliphatic heterocycles. The molecule has 0 atom stereocenters.